The molecule has 132 valence electrons. The van der Waals surface area contributed by atoms with Gasteiger partial charge in [-0.2, -0.15) is 0 Å². The largest absolute Gasteiger partial charge is 0.376 e. The van der Waals surface area contributed by atoms with Crippen LogP contribution in [0.4, 0.5) is 0 Å². The lowest BCUT2D eigenvalue weighted by Crippen LogP contribution is -2.30. The molecule has 0 aliphatic heterocycles. The summed E-state index contributed by atoms with van der Waals surface area (Å²) in [4.78, 5) is 0. The molecule has 1 aliphatic rings. The average Bonchev–Trinajstić information content (AvgIpc) is 2.91. The van der Waals surface area contributed by atoms with Crippen molar-refractivity contribution >= 4 is 0 Å². The highest BCUT2D eigenvalue weighted by atomic mass is 16.5. The van der Waals surface area contributed by atoms with Crippen LogP contribution in [0, 0.1) is 5.41 Å². The third-order valence-electron chi connectivity index (χ3n) is 5.05. The molecule has 2 aromatic carbocycles. The Balaban J connectivity index is 1.55. The quantitative estimate of drug-likeness (QED) is 0.590. The second kappa shape index (κ2) is 8.46. The molecule has 2 nitrogen and oxygen atoms in total. The number of rotatable bonds is 8. The van der Waals surface area contributed by atoms with Gasteiger partial charge in [0.15, 0.2) is 0 Å². The van der Waals surface area contributed by atoms with E-state index in [9.17, 15) is 0 Å². The van der Waals surface area contributed by atoms with E-state index in [1.807, 2.05) is 12.1 Å². The van der Waals surface area contributed by atoms with Crippen LogP contribution in [0.2, 0.25) is 0 Å². The second-order valence-corrected chi connectivity index (χ2v) is 7.37. The van der Waals surface area contributed by atoms with Crippen LogP contribution in [-0.4, -0.2) is 13.2 Å². The summed E-state index contributed by atoms with van der Waals surface area (Å²) >= 11 is 0. The first-order chi connectivity index (χ1) is 12.2. The fourth-order valence-electron chi connectivity index (χ4n) is 3.65. The van der Waals surface area contributed by atoms with E-state index in [-0.39, 0.29) is 5.41 Å². The van der Waals surface area contributed by atoms with Crippen LogP contribution in [0.5, 0.6) is 0 Å². The zero-order chi connectivity index (χ0) is 17.5. The molecule has 0 amide bonds. The van der Waals surface area contributed by atoms with Crippen molar-refractivity contribution in [3.8, 4) is 0 Å². The van der Waals surface area contributed by atoms with E-state index in [0.717, 1.165) is 26.1 Å². The van der Waals surface area contributed by atoms with E-state index in [2.05, 4.69) is 62.4 Å². The Kier molecular flexibility index (Phi) is 6.06. The topological polar surface area (TPSA) is 18.5 Å². The molecular weight excluding hydrogens is 308 g/mol. The lowest BCUT2D eigenvalue weighted by molar-refractivity contribution is -0.0282. The summed E-state index contributed by atoms with van der Waals surface area (Å²) in [6.07, 6.45) is 2.14. The third-order valence-corrected chi connectivity index (χ3v) is 5.05. The molecule has 1 aliphatic carbocycles. The van der Waals surface area contributed by atoms with Crippen LogP contribution in [0.1, 0.15) is 37.8 Å². The molecule has 3 rings (SSSR count). The maximum atomic E-state index is 6.10. The van der Waals surface area contributed by atoms with Crippen molar-refractivity contribution in [1.82, 2.24) is 0 Å². The van der Waals surface area contributed by atoms with Crippen molar-refractivity contribution in [3.63, 3.8) is 0 Å². The third kappa shape index (κ3) is 5.04. The Labute approximate surface area is 151 Å². The normalized spacial score (nSPS) is 16.4. The first-order valence-corrected chi connectivity index (χ1v) is 9.05. The maximum absolute atomic E-state index is 6.10. The molecule has 0 atom stereocenters. The lowest BCUT2D eigenvalue weighted by atomic mass is 9.85. The van der Waals surface area contributed by atoms with E-state index < -0.39 is 0 Å². The summed E-state index contributed by atoms with van der Waals surface area (Å²) in [7, 11) is 0. The number of hydrogen-bond donors (Lipinski definition) is 0. The Morgan fingerprint density at radius 2 is 1.08 bits per heavy atom. The molecular formula is C23H28O2. The zero-order valence-electron chi connectivity index (χ0n) is 15.3. The Hall–Kier alpha value is -1.90. The number of allylic oxidation sites excluding steroid dienone is 2. The summed E-state index contributed by atoms with van der Waals surface area (Å²) < 4.78 is 12.2. The van der Waals surface area contributed by atoms with E-state index in [1.165, 1.54) is 22.3 Å². The predicted molar refractivity (Wildman–Crippen MR) is 102 cm³/mol. The summed E-state index contributed by atoms with van der Waals surface area (Å²) in [5, 5.41) is 0. The van der Waals surface area contributed by atoms with Gasteiger partial charge in [-0.05, 0) is 37.8 Å². The van der Waals surface area contributed by atoms with Crippen LogP contribution in [0.15, 0.2) is 71.8 Å². The fraction of sp³-hybridized carbons (Fsp3) is 0.391. The Morgan fingerprint density at radius 1 is 0.680 bits per heavy atom. The number of hydrogen-bond acceptors (Lipinski definition) is 2. The number of benzene rings is 2. The number of ether oxygens (including phenoxy) is 2. The molecule has 0 saturated heterocycles. The molecule has 0 unspecified atom stereocenters. The Morgan fingerprint density at radius 3 is 1.48 bits per heavy atom. The van der Waals surface area contributed by atoms with Gasteiger partial charge in [-0.15, -0.1) is 0 Å². The fourth-order valence-corrected chi connectivity index (χ4v) is 3.65. The highest BCUT2D eigenvalue weighted by molar-refractivity contribution is 5.22. The van der Waals surface area contributed by atoms with Gasteiger partial charge >= 0.3 is 0 Å². The SMILES string of the molecule is CC1=C(C)CC(COCc2ccccc2)(COCc2ccccc2)C1. The van der Waals surface area contributed by atoms with Crippen LogP contribution in [0.25, 0.3) is 0 Å². The van der Waals surface area contributed by atoms with Gasteiger partial charge in [0.2, 0.25) is 0 Å². The summed E-state index contributed by atoms with van der Waals surface area (Å²) in [6, 6.07) is 20.8. The van der Waals surface area contributed by atoms with Gasteiger partial charge in [0, 0.05) is 5.41 Å². The van der Waals surface area contributed by atoms with Crippen molar-refractivity contribution in [1.29, 1.82) is 0 Å². The van der Waals surface area contributed by atoms with Crippen molar-refractivity contribution in [2.75, 3.05) is 13.2 Å². The van der Waals surface area contributed by atoms with Gasteiger partial charge in [0.05, 0.1) is 26.4 Å². The zero-order valence-corrected chi connectivity index (χ0v) is 15.3. The molecule has 0 fully saturated rings. The molecule has 0 heterocycles. The van der Waals surface area contributed by atoms with Crippen molar-refractivity contribution in [2.45, 2.75) is 39.9 Å². The summed E-state index contributed by atoms with van der Waals surface area (Å²) in [6.45, 7) is 7.30. The van der Waals surface area contributed by atoms with Gasteiger partial charge in [-0.25, -0.2) is 0 Å². The highest BCUT2D eigenvalue weighted by Gasteiger charge is 2.36. The van der Waals surface area contributed by atoms with E-state index in [0.29, 0.717) is 13.2 Å². The van der Waals surface area contributed by atoms with Gasteiger partial charge in [-0.1, -0.05) is 71.8 Å². The molecule has 0 spiro atoms. The molecule has 0 radical (unpaired) electrons. The first-order valence-electron chi connectivity index (χ1n) is 9.05. The van der Waals surface area contributed by atoms with Crippen LogP contribution in [-0.2, 0) is 22.7 Å². The van der Waals surface area contributed by atoms with E-state index in [1.54, 1.807) is 0 Å². The second-order valence-electron chi connectivity index (χ2n) is 7.37. The monoisotopic (exact) mass is 336 g/mol. The van der Waals surface area contributed by atoms with Crippen molar-refractivity contribution in [3.05, 3.63) is 82.9 Å². The first kappa shape index (κ1) is 17.9. The van der Waals surface area contributed by atoms with Crippen LogP contribution in [0.3, 0.4) is 0 Å². The molecule has 0 aromatic heterocycles. The van der Waals surface area contributed by atoms with E-state index in [4.69, 9.17) is 9.47 Å². The molecule has 0 saturated carbocycles. The maximum Gasteiger partial charge on any atom is 0.0717 e. The predicted octanol–water partition coefficient (Wildman–Crippen LogP) is 5.54. The van der Waals surface area contributed by atoms with Gasteiger partial charge < -0.3 is 9.47 Å². The van der Waals surface area contributed by atoms with Gasteiger partial charge in [0.1, 0.15) is 0 Å². The van der Waals surface area contributed by atoms with E-state index >= 15 is 0 Å². The summed E-state index contributed by atoms with van der Waals surface area (Å²) in [5.74, 6) is 0. The standard InChI is InChI=1S/C23H28O2/c1-19-13-23(14-20(19)2,17-24-15-21-9-5-3-6-10-21)18-25-16-22-11-7-4-8-12-22/h3-12H,13-18H2,1-2H3. The lowest BCUT2D eigenvalue weighted by Gasteiger charge is -2.29. The van der Waals surface area contributed by atoms with Crippen LogP contribution < -0.4 is 0 Å². The highest BCUT2D eigenvalue weighted by Crippen LogP contribution is 2.42. The minimum atomic E-state index is 0.0811. The van der Waals surface area contributed by atoms with Crippen molar-refractivity contribution < 1.29 is 9.47 Å². The van der Waals surface area contributed by atoms with Gasteiger partial charge in [-0.3, -0.25) is 0 Å². The minimum Gasteiger partial charge on any atom is -0.376 e. The summed E-state index contributed by atoms with van der Waals surface area (Å²) in [5.41, 5.74) is 5.51. The molecule has 25 heavy (non-hydrogen) atoms. The van der Waals surface area contributed by atoms with Gasteiger partial charge in [0.25, 0.3) is 0 Å². The molecule has 2 heteroatoms. The molecule has 0 N–H and O–H groups in total. The van der Waals surface area contributed by atoms with Crippen molar-refractivity contribution in [2.24, 2.45) is 5.41 Å². The van der Waals surface area contributed by atoms with Crippen LogP contribution >= 0.6 is 0 Å². The minimum absolute atomic E-state index is 0.0811. The molecule has 0 bridgehead atoms. The Bertz CT molecular complexity index is 627. The average molecular weight is 336 g/mol. The molecule has 2 aromatic rings. The smallest absolute Gasteiger partial charge is 0.0717 e.